The Labute approximate surface area is 182 Å². The van der Waals surface area contributed by atoms with Gasteiger partial charge in [0.2, 0.25) is 16.9 Å². The number of nitrogens with zero attached hydrogens (tertiary/aromatic N) is 3. The van der Waals surface area contributed by atoms with Gasteiger partial charge in [0, 0.05) is 24.8 Å². The van der Waals surface area contributed by atoms with E-state index in [1.807, 2.05) is 4.90 Å². The van der Waals surface area contributed by atoms with Gasteiger partial charge in [-0.25, -0.2) is 0 Å². The van der Waals surface area contributed by atoms with E-state index < -0.39 is 0 Å². The van der Waals surface area contributed by atoms with Crippen LogP contribution in [0.25, 0.3) is 0 Å². The molecule has 1 aromatic heterocycles. The zero-order valence-electron chi connectivity index (χ0n) is 18.2. The average Bonchev–Trinajstić information content (AvgIpc) is 3.16. The van der Waals surface area contributed by atoms with Crippen LogP contribution in [-0.4, -0.2) is 53.1 Å². The van der Waals surface area contributed by atoms with Crippen LogP contribution in [-0.2, 0) is 22.6 Å². The van der Waals surface area contributed by atoms with E-state index in [0.717, 1.165) is 50.6 Å². The van der Waals surface area contributed by atoms with Crippen LogP contribution in [0.4, 0.5) is 5.13 Å². The number of aryl methyl sites for hydroxylation is 3. The third-order valence-electron chi connectivity index (χ3n) is 5.50. The van der Waals surface area contributed by atoms with Crippen LogP contribution < -0.4 is 10.2 Å². The molecule has 7 nitrogen and oxygen atoms in total. The highest BCUT2D eigenvalue weighted by Crippen LogP contribution is 2.17. The Morgan fingerprint density at radius 3 is 2.63 bits per heavy atom. The molecular formula is C22H32N5O2S+. The summed E-state index contributed by atoms with van der Waals surface area (Å²) in [5.74, 6) is -0.124. The van der Waals surface area contributed by atoms with Crippen LogP contribution in [0, 0.1) is 13.8 Å². The third kappa shape index (κ3) is 6.34. The molecule has 1 aliphatic heterocycles. The summed E-state index contributed by atoms with van der Waals surface area (Å²) >= 11 is 1.40. The SMILES string of the molecule is CCCc1nnc(NC(=O)CCC(=O)N2CC[NH+](Cc3ccc(C)cc3C)CC2)s1. The Kier molecular flexibility index (Phi) is 7.93. The topological polar surface area (TPSA) is 79.6 Å². The molecule has 3 rings (SSSR count). The number of hydrogen-bond donors (Lipinski definition) is 2. The number of hydrogen-bond acceptors (Lipinski definition) is 5. The third-order valence-corrected chi connectivity index (χ3v) is 6.40. The molecule has 162 valence electrons. The Bertz CT molecular complexity index is 874. The number of benzene rings is 1. The van der Waals surface area contributed by atoms with Crippen molar-refractivity contribution in [1.82, 2.24) is 15.1 Å². The second kappa shape index (κ2) is 10.6. The Balaban J connectivity index is 1.38. The molecule has 0 bridgehead atoms. The highest BCUT2D eigenvalue weighted by atomic mass is 32.1. The van der Waals surface area contributed by atoms with Gasteiger partial charge >= 0.3 is 0 Å². The molecule has 8 heteroatoms. The van der Waals surface area contributed by atoms with Crippen molar-refractivity contribution in [2.45, 2.75) is 53.0 Å². The smallest absolute Gasteiger partial charge is 0.226 e. The lowest BCUT2D eigenvalue weighted by atomic mass is 10.1. The standard InChI is InChI=1S/C22H31N5O2S/c1-4-5-20-24-25-22(30-20)23-19(28)8-9-21(29)27-12-10-26(11-13-27)15-18-7-6-16(2)14-17(18)3/h6-7,14H,4-5,8-13,15H2,1-3H3,(H,23,25,28)/p+1. The lowest BCUT2D eigenvalue weighted by molar-refractivity contribution is -0.917. The molecule has 2 aromatic rings. The summed E-state index contributed by atoms with van der Waals surface area (Å²) < 4.78 is 0. The van der Waals surface area contributed by atoms with Gasteiger partial charge < -0.3 is 15.1 Å². The lowest BCUT2D eigenvalue weighted by Crippen LogP contribution is -3.13. The normalized spacial score (nSPS) is 14.7. The van der Waals surface area contributed by atoms with Gasteiger partial charge in [-0.1, -0.05) is 42.0 Å². The van der Waals surface area contributed by atoms with Crippen molar-refractivity contribution < 1.29 is 14.5 Å². The second-order valence-electron chi connectivity index (χ2n) is 8.04. The monoisotopic (exact) mass is 430 g/mol. The number of carbonyl (C=O) groups is 2. The van der Waals surface area contributed by atoms with Gasteiger partial charge in [0.1, 0.15) is 11.6 Å². The number of carbonyl (C=O) groups excluding carboxylic acids is 2. The van der Waals surface area contributed by atoms with Crippen molar-refractivity contribution in [2.75, 3.05) is 31.5 Å². The molecule has 1 fully saturated rings. The van der Waals surface area contributed by atoms with Crippen molar-refractivity contribution in [3.63, 3.8) is 0 Å². The predicted octanol–water partition coefficient (Wildman–Crippen LogP) is 1.75. The first-order valence-electron chi connectivity index (χ1n) is 10.7. The molecule has 0 atom stereocenters. The molecule has 0 saturated carbocycles. The first-order chi connectivity index (χ1) is 14.4. The van der Waals surface area contributed by atoms with Crippen LogP contribution in [0.2, 0.25) is 0 Å². The molecular weight excluding hydrogens is 398 g/mol. The van der Waals surface area contributed by atoms with E-state index in [2.05, 4.69) is 54.5 Å². The quantitative estimate of drug-likeness (QED) is 0.669. The molecule has 0 spiro atoms. The molecule has 1 saturated heterocycles. The lowest BCUT2D eigenvalue weighted by Gasteiger charge is -2.32. The van der Waals surface area contributed by atoms with Gasteiger partial charge in [-0.05, 0) is 25.8 Å². The first kappa shape index (κ1) is 22.4. The highest BCUT2D eigenvalue weighted by Gasteiger charge is 2.24. The van der Waals surface area contributed by atoms with Crippen LogP contribution in [0.5, 0.6) is 0 Å². The highest BCUT2D eigenvalue weighted by molar-refractivity contribution is 7.15. The minimum absolute atomic E-state index is 0.0552. The number of rotatable bonds is 8. The Morgan fingerprint density at radius 1 is 1.17 bits per heavy atom. The van der Waals surface area contributed by atoms with Crippen molar-refractivity contribution in [3.05, 3.63) is 39.9 Å². The van der Waals surface area contributed by atoms with Crippen molar-refractivity contribution in [1.29, 1.82) is 0 Å². The molecule has 2 N–H and O–H groups in total. The maximum Gasteiger partial charge on any atom is 0.226 e. The number of anilines is 1. The molecule has 1 aliphatic rings. The fourth-order valence-electron chi connectivity index (χ4n) is 3.74. The molecule has 2 heterocycles. The summed E-state index contributed by atoms with van der Waals surface area (Å²) in [5, 5.41) is 12.2. The van der Waals surface area contributed by atoms with E-state index in [1.54, 1.807) is 0 Å². The van der Waals surface area contributed by atoms with Gasteiger partial charge in [-0.3, -0.25) is 9.59 Å². The van der Waals surface area contributed by atoms with E-state index in [4.69, 9.17) is 0 Å². The Hall–Kier alpha value is -2.32. The number of piperazine rings is 1. The van der Waals surface area contributed by atoms with E-state index >= 15 is 0 Å². The van der Waals surface area contributed by atoms with Crippen molar-refractivity contribution in [2.24, 2.45) is 0 Å². The first-order valence-corrected chi connectivity index (χ1v) is 11.6. The van der Waals surface area contributed by atoms with Gasteiger partial charge in [0.05, 0.1) is 26.2 Å². The van der Waals surface area contributed by atoms with Gasteiger partial charge in [0.15, 0.2) is 0 Å². The van der Waals surface area contributed by atoms with Crippen molar-refractivity contribution in [3.8, 4) is 0 Å². The average molecular weight is 431 g/mol. The maximum absolute atomic E-state index is 12.5. The van der Waals surface area contributed by atoms with Crippen LogP contribution in [0.1, 0.15) is 47.9 Å². The number of amides is 2. The molecule has 0 unspecified atom stereocenters. The van der Waals surface area contributed by atoms with Gasteiger partial charge in [-0.15, -0.1) is 10.2 Å². The van der Waals surface area contributed by atoms with Crippen LogP contribution >= 0.6 is 11.3 Å². The van der Waals surface area contributed by atoms with Gasteiger partial charge in [0.25, 0.3) is 0 Å². The fraction of sp³-hybridized carbons (Fsp3) is 0.545. The molecule has 2 amide bonds. The van der Waals surface area contributed by atoms with E-state index in [9.17, 15) is 9.59 Å². The molecule has 0 radical (unpaired) electrons. The van der Waals surface area contributed by atoms with E-state index in [-0.39, 0.29) is 24.7 Å². The maximum atomic E-state index is 12.5. The molecule has 0 aliphatic carbocycles. The van der Waals surface area contributed by atoms with E-state index in [0.29, 0.717) is 5.13 Å². The summed E-state index contributed by atoms with van der Waals surface area (Å²) in [5.41, 5.74) is 4.01. The van der Waals surface area contributed by atoms with Gasteiger partial charge in [-0.2, -0.15) is 0 Å². The number of nitrogens with one attached hydrogen (secondary N) is 2. The van der Waals surface area contributed by atoms with Crippen LogP contribution in [0.15, 0.2) is 18.2 Å². The molecule has 30 heavy (non-hydrogen) atoms. The Morgan fingerprint density at radius 2 is 1.93 bits per heavy atom. The van der Waals surface area contributed by atoms with Crippen LogP contribution in [0.3, 0.4) is 0 Å². The predicted molar refractivity (Wildman–Crippen MR) is 119 cm³/mol. The summed E-state index contributed by atoms with van der Waals surface area (Å²) in [6.07, 6.45) is 2.27. The van der Waals surface area contributed by atoms with Crippen molar-refractivity contribution >= 4 is 28.3 Å². The molecule has 1 aromatic carbocycles. The largest absolute Gasteiger partial charge is 0.331 e. The number of quaternary nitrogens is 1. The minimum atomic E-state index is -0.179. The summed E-state index contributed by atoms with van der Waals surface area (Å²) in [6, 6.07) is 6.61. The summed E-state index contributed by atoms with van der Waals surface area (Å²) in [7, 11) is 0. The fourth-order valence-corrected chi connectivity index (χ4v) is 4.60. The van der Waals surface area contributed by atoms with E-state index in [1.165, 1.54) is 32.9 Å². The summed E-state index contributed by atoms with van der Waals surface area (Å²) in [4.78, 5) is 28.0. The number of aromatic nitrogens is 2. The zero-order chi connectivity index (χ0) is 21.5. The second-order valence-corrected chi connectivity index (χ2v) is 9.10. The summed E-state index contributed by atoms with van der Waals surface area (Å²) in [6.45, 7) is 10.7. The minimum Gasteiger partial charge on any atom is -0.331 e. The zero-order valence-corrected chi connectivity index (χ0v) is 19.0.